The summed E-state index contributed by atoms with van der Waals surface area (Å²) in [4.78, 5) is 0. The normalized spacial score (nSPS) is 11.5. The first-order chi connectivity index (χ1) is 11.4. The first kappa shape index (κ1) is 12.9. The molecule has 0 fully saturated rings. The highest BCUT2D eigenvalue weighted by molar-refractivity contribution is 7.26. The molecule has 0 aliphatic rings. The van der Waals surface area contributed by atoms with Crippen LogP contribution in [0.1, 0.15) is 0 Å². The van der Waals surface area contributed by atoms with Gasteiger partial charge in [0.1, 0.15) is 0 Å². The average Bonchev–Trinajstić information content (AvgIpc) is 3.01. The van der Waals surface area contributed by atoms with Crippen LogP contribution in [0.3, 0.4) is 0 Å². The Labute approximate surface area is 138 Å². The molecule has 1 heterocycles. The Hall–Kier alpha value is -2.64. The molecule has 23 heavy (non-hydrogen) atoms. The summed E-state index contributed by atoms with van der Waals surface area (Å²) in [7, 11) is 0. The predicted molar refractivity (Wildman–Crippen MR) is 102 cm³/mol. The molecule has 1 aromatic heterocycles. The van der Waals surface area contributed by atoms with Gasteiger partial charge in [0.15, 0.2) is 0 Å². The number of benzene rings is 4. The van der Waals surface area contributed by atoms with Gasteiger partial charge in [0.2, 0.25) is 0 Å². The molecule has 4 aromatic carbocycles. The summed E-state index contributed by atoms with van der Waals surface area (Å²) >= 11 is 1.90. The van der Waals surface area contributed by atoms with E-state index in [2.05, 4.69) is 84.9 Å². The zero-order valence-corrected chi connectivity index (χ0v) is 13.3. The van der Waals surface area contributed by atoms with Gasteiger partial charge in [0.25, 0.3) is 0 Å². The van der Waals surface area contributed by atoms with E-state index in [1.165, 1.54) is 42.1 Å². The van der Waals surface area contributed by atoms with Gasteiger partial charge in [-0.05, 0) is 28.0 Å². The molecule has 0 amide bonds. The number of thiophene rings is 1. The predicted octanol–water partition coefficient (Wildman–Crippen LogP) is 6.87. The Morgan fingerprint density at radius 3 is 2.26 bits per heavy atom. The maximum absolute atomic E-state index is 2.26. The Kier molecular flexibility index (Phi) is 2.76. The summed E-state index contributed by atoms with van der Waals surface area (Å²) in [5, 5.41) is 5.41. The summed E-state index contributed by atoms with van der Waals surface area (Å²) in [6, 6.07) is 30.5. The van der Waals surface area contributed by atoms with Crippen LogP contribution in [0, 0.1) is 0 Å². The van der Waals surface area contributed by atoms with E-state index in [0.717, 1.165) is 0 Å². The minimum Gasteiger partial charge on any atom is -0.135 e. The van der Waals surface area contributed by atoms with E-state index < -0.39 is 0 Å². The number of fused-ring (bicyclic) bond motifs is 5. The Bertz CT molecular complexity index is 1150. The van der Waals surface area contributed by atoms with Gasteiger partial charge in [0, 0.05) is 20.2 Å². The van der Waals surface area contributed by atoms with Crippen molar-refractivity contribution < 1.29 is 0 Å². The lowest BCUT2D eigenvalue weighted by atomic mass is 10.0. The molecule has 5 rings (SSSR count). The number of hydrogen-bond donors (Lipinski definition) is 0. The molecular formula is C22H14S. The van der Waals surface area contributed by atoms with Crippen molar-refractivity contribution in [1.29, 1.82) is 0 Å². The highest BCUT2D eigenvalue weighted by atomic mass is 32.1. The fraction of sp³-hybridized carbons (Fsp3) is 0. The molecule has 0 atom stereocenters. The van der Waals surface area contributed by atoms with Crippen LogP contribution in [0.4, 0.5) is 0 Å². The summed E-state index contributed by atoms with van der Waals surface area (Å²) in [6.45, 7) is 0. The molecule has 0 nitrogen and oxygen atoms in total. The molecule has 0 N–H and O–H groups in total. The van der Waals surface area contributed by atoms with Crippen molar-refractivity contribution in [3.8, 4) is 11.1 Å². The summed E-state index contributed by atoms with van der Waals surface area (Å²) in [5.41, 5.74) is 2.61. The van der Waals surface area contributed by atoms with Crippen molar-refractivity contribution in [2.75, 3.05) is 0 Å². The highest BCUT2D eigenvalue weighted by Gasteiger charge is 2.12. The van der Waals surface area contributed by atoms with Crippen molar-refractivity contribution in [2.24, 2.45) is 0 Å². The lowest BCUT2D eigenvalue weighted by molar-refractivity contribution is 1.67. The van der Waals surface area contributed by atoms with Crippen LogP contribution in [-0.4, -0.2) is 0 Å². The van der Waals surface area contributed by atoms with Gasteiger partial charge in [-0.2, -0.15) is 0 Å². The molecule has 0 spiro atoms. The monoisotopic (exact) mass is 310 g/mol. The summed E-state index contributed by atoms with van der Waals surface area (Å²) in [5.74, 6) is 0. The summed E-state index contributed by atoms with van der Waals surface area (Å²) < 4.78 is 2.74. The molecule has 0 aliphatic heterocycles. The minimum atomic E-state index is 1.29. The number of rotatable bonds is 1. The van der Waals surface area contributed by atoms with Gasteiger partial charge >= 0.3 is 0 Å². The lowest BCUT2D eigenvalue weighted by Crippen LogP contribution is -1.77. The lowest BCUT2D eigenvalue weighted by Gasteiger charge is -2.03. The fourth-order valence-corrected chi connectivity index (χ4v) is 4.67. The first-order valence-electron chi connectivity index (χ1n) is 7.80. The molecule has 0 bridgehead atoms. The highest BCUT2D eigenvalue weighted by Crippen LogP contribution is 2.42. The molecule has 1 heteroatoms. The zero-order chi connectivity index (χ0) is 15.2. The van der Waals surface area contributed by atoms with E-state index in [1.54, 1.807) is 0 Å². The van der Waals surface area contributed by atoms with Crippen LogP contribution in [0.15, 0.2) is 84.9 Å². The second kappa shape index (κ2) is 4.94. The topological polar surface area (TPSA) is 0 Å². The van der Waals surface area contributed by atoms with Gasteiger partial charge in [-0.1, -0.05) is 78.9 Å². The van der Waals surface area contributed by atoms with Crippen LogP contribution < -0.4 is 0 Å². The molecule has 0 radical (unpaired) electrons. The fourth-order valence-electron chi connectivity index (χ4n) is 3.41. The van der Waals surface area contributed by atoms with E-state index in [4.69, 9.17) is 0 Å². The Balaban J connectivity index is 1.96. The third kappa shape index (κ3) is 1.90. The van der Waals surface area contributed by atoms with E-state index in [-0.39, 0.29) is 0 Å². The minimum absolute atomic E-state index is 1.29. The van der Waals surface area contributed by atoms with Gasteiger partial charge in [0.05, 0.1) is 0 Å². The van der Waals surface area contributed by atoms with Crippen molar-refractivity contribution >= 4 is 42.3 Å². The van der Waals surface area contributed by atoms with E-state index in [1.807, 2.05) is 11.3 Å². The SMILES string of the molecule is c1ccc(-c2cccc3c2sc2ccc4ccccc4c23)cc1. The van der Waals surface area contributed by atoms with E-state index in [9.17, 15) is 0 Å². The summed E-state index contributed by atoms with van der Waals surface area (Å²) in [6.07, 6.45) is 0. The van der Waals surface area contributed by atoms with E-state index >= 15 is 0 Å². The van der Waals surface area contributed by atoms with Gasteiger partial charge in [-0.15, -0.1) is 11.3 Å². The maximum atomic E-state index is 2.26. The van der Waals surface area contributed by atoms with Gasteiger partial charge < -0.3 is 0 Å². The van der Waals surface area contributed by atoms with Crippen molar-refractivity contribution in [1.82, 2.24) is 0 Å². The molecule has 0 saturated carbocycles. The van der Waals surface area contributed by atoms with Crippen molar-refractivity contribution in [3.05, 3.63) is 84.9 Å². The second-order valence-corrected chi connectivity index (χ2v) is 6.86. The van der Waals surface area contributed by atoms with Gasteiger partial charge in [-0.25, -0.2) is 0 Å². The smallest absolute Gasteiger partial charge is 0.0434 e. The van der Waals surface area contributed by atoms with Crippen LogP contribution in [0.5, 0.6) is 0 Å². The molecule has 108 valence electrons. The second-order valence-electron chi connectivity index (χ2n) is 5.81. The Morgan fingerprint density at radius 2 is 1.35 bits per heavy atom. The maximum Gasteiger partial charge on any atom is 0.0434 e. The van der Waals surface area contributed by atoms with Crippen LogP contribution in [0.2, 0.25) is 0 Å². The van der Waals surface area contributed by atoms with Crippen LogP contribution in [-0.2, 0) is 0 Å². The van der Waals surface area contributed by atoms with Gasteiger partial charge in [-0.3, -0.25) is 0 Å². The Morgan fingerprint density at radius 1 is 0.565 bits per heavy atom. The quantitative estimate of drug-likeness (QED) is 0.317. The molecule has 0 unspecified atom stereocenters. The van der Waals surface area contributed by atoms with Crippen LogP contribution >= 0.6 is 11.3 Å². The first-order valence-corrected chi connectivity index (χ1v) is 8.62. The molecule has 0 aliphatic carbocycles. The van der Waals surface area contributed by atoms with Crippen molar-refractivity contribution in [3.63, 3.8) is 0 Å². The van der Waals surface area contributed by atoms with E-state index in [0.29, 0.717) is 0 Å². The number of hydrogen-bond acceptors (Lipinski definition) is 1. The van der Waals surface area contributed by atoms with Crippen molar-refractivity contribution in [2.45, 2.75) is 0 Å². The molecule has 5 aromatic rings. The van der Waals surface area contributed by atoms with Crippen LogP contribution in [0.25, 0.3) is 42.1 Å². The third-order valence-electron chi connectivity index (χ3n) is 4.47. The largest absolute Gasteiger partial charge is 0.135 e. The average molecular weight is 310 g/mol. The standard InChI is InChI=1S/C22H14S/c1-2-7-15(8-3-1)18-11-6-12-19-21-17-10-5-4-9-16(17)13-14-20(21)23-22(18)19/h1-14H. The molecule has 0 saturated heterocycles. The molecular weight excluding hydrogens is 296 g/mol. The third-order valence-corrected chi connectivity index (χ3v) is 5.68. The zero-order valence-electron chi connectivity index (χ0n) is 12.5.